The fraction of sp³-hybridized carbons (Fsp3) is 0.304. The van der Waals surface area contributed by atoms with Crippen LogP contribution in [0.3, 0.4) is 0 Å². The van der Waals surface area contributed by atoms with Gasteiger partial charge in [0, 0.05) is 37.2 Å². The Morgan fingerprint density at radius 3 is 2.57 bits per heavy atom. The first-order valence-electron chi connectivity index (χ1n) is 9.68. The molecule has 28 heavy (non-hydrogen) atoms. The summed E-state index contributed by atoms with van der Waals surface area (Å²) in [6.45, 7) is 3.50. The predicted octanol–water partition coefficient (Wildman–Crippen LogP) is 4.82. The topological polar surface area (TPSA) is 54.5 Å². The van der Waals surface area contributed by atoms with E-state index in [2.05, 4.69) is 40.4 Å². The molecule has 4 rings (SSSR count). The third-order valence-electron chi connectivity index (χ3n) is 5.17. The van der Waals surface area contributed by atoms with Gasteiger partial charge in [-0.15, -0.1) is 0 Å². The number of hydrogen-bond donors (Lipinski definition) is 1. The van der Waals surface area contributed by atoms with Crippen molar-refractivity contribution in [3.8, 4) is 11.6 Å². The largest absolute Gasteiger partial charge is 0.439 e. The lowest BCUT2D eigenvalue weighted by atomic mass is 10.1. The summed E-state index contributed by atoms with van der Waals surface area (Å²) in [5.74, 6) is 1.30. The summed E-state index contributed by atoms with van der Waals surface area (Å²) in [6, 6.07) is 18.7. The molecule has 1 aliphatic rings. The lowest BCUT2D eigenvalue weighted by Crippen LogP contribution is -2.23. The zero-order valence-corrected chi connectivity index (χ0v) is 16.5. The first-order valence-corrected chi connectivity index (χ1v) is 9.68. The van der Waals surface area contributed by atoms with E-state index in [4.69, 9.17) is 4.74 Å². The lowest BCUT2D eigenvalue weighted by Gasteiger charge is -2.18. The van der Waals surface area contributed by atoms with E-state index in [0.29, 0.717) is 11.9 Å². The summed E-state index contributed by atoms with van der Waals surface area (Å²) in [7, 11) is 2.14. The molecule has 0 aliphatic heterocycles. The van der Waals surface area contributed by atoms with Crippen molar-refractivity contribution in [3.05, 3.63) is 60.2 Å². The van der Waals surface area contributed by atoms with Crippen LogP contribution in [0.2, 0.25) is 0 Å². The van der Waals surface area contributed by atoms with Crippen molar-refractivity contribution < 1.29 is 9.53 Å². The Morgan fingerprint density at radius 1 is 1.14 bits per heavy atom. The highest BCUT2D eigenvalue weighted by molar-refractivity contribution is 5.80. The average Bonchev–Trinajstić information content (AvgIpc) is 3.52. The molecule has 5 nitrogen and oxygen atoms in total. The van der Waals surface area contributed by atoms with Crippen LogP contribution in [0, 0.1) is 0 Å². The number of amides is 1. The highest BCUT2D eigenvalue weighted by atomic mass is 16.5. The molecule has 0 bridgehead atoms. The molecule has 1 unspecified atom stereocenters. The SMILES string of the molecule is CC(=O)NC(C)c1ccc2nc(Oc3ccc(N(C)C4CC4)cc3)ccc2c1. The summed E-state index contributed by atoms with van der Waals surface area (Å²) in [5, 5.41) is 3.92. The van der Waals surface area contributed by atoms with Crippen molar-refractivity contribution in [3.63, 3.8) is 0 Å². The number of hydrogen-bond acceptors (Lipinski definition) is 4. The van der Waals surface area contributed by atoms with Crippen LogP contribution in [0.4, 0.5) is 5.69 Å². The van der Waals surface area contributed by atoms with Gasteiger partial charge >= 0.3 is 0 Å². The van der Waals surface area contributed by atoms with Gasteiger partial charge in [0.2, 0.25) is 11.8 Å². The van der Waals surface area contributed by atoms with Gasteiger partial charge < -0.3 is 15.0 Å². The van der Waals surface area contributed by atoms with Crippen LogP contribution >= 0.6 is 0 Å². The number of carbonyl (C=O) groups excluding carboxylic acids is 1. The maximum atomic E-state index is 11.3. The molecule has 2 aromatic carbocycles. The van der Waals surface area contributed by atoms with Crippen molar-refractivity contribution in [1.82, 2.24) is 10.3 Å². The van der Waals surface area contributed by atoms with Gasteiger partial charge in [-0.25, -0.2) is 4.98 Å². The van der Waals surface area contributed by atoms with Crippen LogP contribution in [0.15, 0.2) is 54.6 Å². The quantitative estimate of drug-likeness (QED) is 0.671. The summed E-state index contributed by atoms with van der Waals surface area (Å²) in [6.07, 6.45) is 2.56. The first kappa shape index (κ1) is 18.3. The molecule has 1 N–H and O–H groups in total. The second-order valence-electron chi connectivity index (χ2n) is 7.46. The maximum Gasteiger partial charge on any atom is 0.219 e. The number of rotatable bonds is 6. The molecule has 0 saturated heterocycles. The van der Waals surface area contributed by atoms with Gasteiger partial charge in [-0.05, 0) is 67.8 Å². The molecule has 1 heterocycles. The third-order valence-corrected chi connectivity index (χ3v) is 5.17. The highest BCUT2D eigenvalue weighted by Crippen LogP contribution is 2.32. The second-order valence-corrected chi connectivity index (χ2v) is 7.46. The van der Waals surface area contributed by atoms with E-state index < -0.39 is 0 Å². The van der Waals surface area contributed by atoms with E-state index in [-0.39, 0.29) is 11.9 Å². The normalized spacial score (nSPS) is 14.5. The van der Waals surface area contributed by atoms with Crippen LogP contribution in [-0.2, 0) is 4.79 Å². The van der Waals surface area contributed by atoms with Gasteiger partial charge in [0.1, 0.15) is 5.75 Å². The molecule has 0 radical (unpaired) electrons. The minimum atomic E-state index is -0.0381. The number of benzene rings is 2. The Balaban J connectivity index is 1.49. The predicted molar refractivity (Wildman–Crippen MR) is 112 cm³/mol. The molecule has 1 fully saturated rings. The Kier molecular flexibility index (Phi) is 4.90. The first-order chi connectivity index (χ1) is 13.5. The summed E-state index contributed by atoms with van der Waals surface area (Å²) < 4.78 is 5.94. The van der Waals surface area contributed by atoms with Gasteiger partial charge in [0.15, 0.2) is 0 Å². The van der Waals surface area contributed by atoms with E-state index in [9.17, 15) is 4.79 Å². The minimum absolute atomic E-state index is 0.0369. The van der Waals surface area contributed by atoms with Crippen molar-refractivity contribution in [2.45, 2.75) is 38.8 Å². The van der Waals surface area contributed by atoms with Crippen LogP contribution in [0.1, 0.15) is 38.3 Å². The number of nitrogens with one attached hydrogen (secondary N) is 1. The summed E-state index contributed by atoms with van der Waals surface area (Å²) in [5.41, 5.74) is 3.12. The molecule has 1 aromatic heterocycles. The van der Waals surface area contributed by atoms with Crippen molar-refractivity contribution >= 4 is 22.5 Å². The Hall–Kier alpha value is -3.08. The molecular weight excluding hydrogens is 350 g/mol. The van der Waals surface area contributed by atoms with Crippen LogP contribution < -0.4 is 15.0 Å². The Labute approximate surface area is 165 Å². The van der Waals surface area contributed by atoms with Crippen LogP contribution in [0.25, 0.3) is 10.9 Å². The molecular formula is C23H25N3O2. The maximum absolute atomic E-state index is 11.3. The number of aromatic nitrogens is 1. The fourth-order valence-corrected chi connectivity index (χ4v) is 3.38. The van der Waals surface area contributed by atoms with Crippen LogP contribution in [0.5, 0.6) is 11.6 Å². The smallest absolute Gasteiger partial charge is 0.219 e. The molecule has 0 spiro atoms. The van der Waals surface area contributed by atoms with E-state index in [1.807, 2.05) is 43.3 Å². The molecule has 3 aromatic rings. The van der Waals surface area contributed by atoms with Gasteiger partial charge in [-0.3, -0.25) is 4.79 Å². The molecule has 1 atom stereocenters. The zero-order valence-electron chi connectivity index (χ0n) is 16.5. The number of anilines is 1. The van der Waals surface area contributed by atoms with E-state index in [1.54, 1.807) is 0 Å². The molecule has 144 valence electrons. The number of pyridine rings is 1. The van der Waals surface area contributed by atoms with E-state index in [0.717, 1.165) is 22.2 Å². The van der Waals surface area contributed by atoms with Crippen molar-refractivity contribution in [2.75, 3.05) is 11.9 Å². The second kappa shape index (κ2) is 7.50. The van der Waals surface area contributed by atoms with Crippen molar-refractivity contribution in [2.24, 2.45) is 0 Å². The monoisotopic (exact) mass is 375 g/mol. The standard InChI is InChI=1S/C23H25N3O2/c1-15(24-16(2)27)17-4-12-22-18(14-17)5-13-23(25-22)28-21-10-8-20(9-11-21)26(3)19-6-7-19/h4-5,8-15,19H,6-7H2,1-3H3,(H,24,27). The number of nitrogens with zero attached hydrogens (tertiary/aromatic N) is 2. The third kappa shape index (κ3) is 4.09. The molecule has 5 heteroatoms. The summed E-state index contributed by atoms with van der Waals surface area (Å²) in [4.78, 5) is 18.2. The van der Waals surface area contributed by atoms with Crippen molar-refractivity contribution in [1.29, 1.82) is 0 Å². The van der Waals surface area contributed by atoms with Crippen LogP contribution in [-0.4, -0.2) is 24.0 Å². The zero-order chi connectivity index (χ0) is 19.7. The molecule has 1 aliphatic carbocycles. The molecule has 1 saturated carbocycles. The number of carbonyl (C=O) groups is 1. The van der Waals surface area contributed by atoms with Gasteiger partial charge in [-0.2, -0.15) is 0 Å². The highest BCUT2D eigenvalue weighted by Gasteiger charge is 2.26. The number of ether oxygens (including phenoxy) is 1. The Morgan fingerprint density at radius 2 is 1.89 bits per heavy atom. The van der Waals surface area contributed by atoms with E-state index >= 15 is 0 Å². The van der Waals surface area contributed by atoms with E-state index in [1.165, 1.54) is 25.5 Å². The minimum Gasteiger partial charge on any atom is -0.439 e. The van der Waals surface area contributed by atoms with Gasteiger partial charge in [0.25, 0.3) is 0 Å². The van der Waals surface area contributed by atoms with Gasteiger partial charge in [0.05, 0.1) is 11.6 Å². The fourth-order valence-electron chi connectivity index (χ4n) is 3.38. The number of fused-ring (bicyclic) bond motifs is 1. The summed E-state index contributed by atoms with van der Waals surface area (Å²) >= 11 is 0. The molecule has 1 amide bonds. The van der Waals surface area contributed by atoms with Gasteiger partial charge in [-0.1, -0.05) is 6.07 Å². The average molecular weight is 375 g/mol. The lowest BCUT2D eigenvalue weighted by molar-refractivity contribution is -0.119. The Bertz CT molecular complexity index is 996.